The standard InChI is InChI=1S/C19H17ClN4O4/c20-13-4-2-1-3-11(13)16(25)12-7-21-17-15(12)18(23-9-22-17)24-10-5-6-14(19(26)27)28-8-10/h1-4,7,9-10,14H,5-6,8H2,(H,26,27)(H2,21,22,23,24)/t10-,14+/m1/s1. The number of aliphatic carboxylic acids is 1. The Kier molecular flexibility index (Phi) is 4.97. The van der Waals surface area contributed by atoms with Crippen LogP contribution in [0.25, 0.3) is 11.0 Å². The number of hydrogen-bond acceptors (Lipinski definition) is 6. The van der Waals surface area contributed by atoms with Crippen molar-refractivity contribution in [2.75, 3.05) is 11.9 Å². The molecular weight excluding hydrogens is 384 g/mol. The highest BCUT2D eigenvalue weighted by Gasteiger charge is 2.28. The lowest BCUT2D eigenvalue weighted by Crippen LogP contribution is -2.38. The van der Waals surface area contributed by atoms with Gasteiger partial charge in [0.1, 0.15) is 17.8 Å². The number of anilines is 1. The van der Waals surface area contributed by atoms with E-state index in [1.165, 1.54) is 6.33 Å². The van der Waals surface area contributed by atoms with Gasteiger partial charge < -0.3 is 20.1 Å². The predicted octanol–water partition coefficient (Wildman–Crippen LogP) is 2.89. The molecule has 0 saturated carbocycles. The highest BCUT2D eigenvalue weighted by molar-refractivity contribution is 6.35. The molecule has 0 unspecified atom stereocenters. The number of H-pyrrole nitrogens is 1. The summed E-state index contributed by atoms with van der Waals surface area (Å²) >= 11 is 6.18. The van der Waals surface area contributed by atoms with Crippen LogP contribution in [0.4, 0.5) is 5.82 Å². The number of hydrogen-bond donors (Lipinski definition) is 3. The number of aromatic amines is 1. The number of nitrogens with zero attached hydrogens (tertiary/aromatic N) is 2. The molecule has 2 atom stereocenters. The van der Waals surface area contributed by atoms with Gasteiger partial charge in [-0.3, -0.25) is 4.79 Å². The number of benzene rings is 1. The minimum atomic E-state index is -0.957. The lowest BCUT2D eigenvalue weighted by atomic mass is 10.0. The number of ketones is 1. The van der Waals surface area contributed by atoms with Gasteiger partial charge in [0.25, 0.3) is 0 Å². The summed E-state index contributed by atoms with van der Waals surface area (Å²) in [7, 11) is 0. The summed E-state index contributed by atoms with van der Waals surface area (Å²) in [4.78, 5) is 35.5. The van der Waals surface area contributed by atoms with Crippen LogP contribution < -0.4 is 5.32 Å². The lowest BCUT2D eigenvalue weighted by molar-refractivity contribution is -0.153. The van der Waals surface area contributed by atoms with Crippen molar-refractivity contribution in [2.24, 2.45) is 0 Å². The van der Waals surface area contributed by atoms with Gasteiger partial charge in [0.2, 0.25) is 0 Å². The zero-order valence-corrected chi connectivity index (χ0v) is 15.4. The molecule has 1 aromatic carbocycles. The number of carboxylic acids is 1. The van der Waals surface area contributed by atoms with Gasteiger partial charge in [-0.25, -0.2) is 14.8 Å². The summed E-state index contributed by atoms with van der Waals surface area (Å²) < 4.78 is 5.38. The van der Waals surface area contributed by atoms with Crippen LogP contribution in [0.15, 0.2) is 36.8 Å². The molecule has 0 amide bonds. The molecule has 1 saturated heterocycles. The molecule has 0 aliphatic carbocycles. The van der Waals surface area contributed by atoms with Crippen LogP contribution >= 0.6 is 11.6 Å². The number of rotatable bonds is 5. The van der Waals surface area contributed by atoms with E-state index in [1.54, 1.807) is 30.5 Å². The predicted molar refractivity (Wildman–Crippen MR) is 103 cm³/mol. The smallest absolute Gasteiger partial charge is 0.332 e. The Morgan fingerprint density at radius 2 is 2.04 bits per heavy atom. The summed E-state index contributed by atoms with van der Waals surface area (Å²) in [6.45, 7) is 0.237. The van der Waals surface area contributed by atoms with Gasteiger partial charge in [0, 0.05) is 11.8 Å². The third-order valence-corrected chi connectivity index (χ3v) is 5.05. The van der Waals surface area contributed by atoms with E-state index < -0.39 is 12.1 Å². The van der Waals surface area contributed by atoms with Gasteiger partial charge in [-0.15, -0.1) is 0 Å². The molecule has 0 spiro atoms. The van der Waals surface area contributed by atoms with Crippen molar-refractivity contribution < 1.29 is 19.4 Å². The van der Waals surface area contributed by atoms with E-state index in [2.05, 4.69) is 20.3 Å². The number of carbonyl (C=O) groups is 2. The minimum absolute atomic E-state index is 0.119. The molecule has 1 aliphatic rings. The summed E-state index contributed by atoms with van der Waals surface area (Å²) in [6.07, 6.45) is 3.22. The summed E-state index contributed by atoms with van der Waals surface area (Å²) in [5, 5.41) is 13.2. The monoisotopic (exact) mass is 400 g/mol. The first-order valence-corrected chi connectivity index (χ1v) is 9.14. The quantitative estimate of drug-likeness (QED) is 0.563. The van der Waals surface area contributed by atoms with Crippen molar-refractivity contribution in [1.82, 2.24) is 15.0 Å². The maximum Gasteiger partial charge on any atom is 0.332 e. The molecule has 9 heteroatoms. The Morgan fingerprint density at radius 3 is 2.75 bits per heavy atom. The molecule has 3 aromatic rings. The first-order valence-electron chi connectivity index (χ1n) is 8.77. The van der Waals surface area contributed by atoms with E-state index >= 15 is 0 Å². The summed E-state index contributed by atoms with van der Waals surface area (Å²) in [5.74, 6) is -0.703. The Morgan fingerprint density at radius 1 is 1.21 bits per heavy atom. The molecule has 3 N–H and O–H groups in total. The fourth-order valence-electron chi connectivity index (χ4n) is 3.30. The van der Waals surface area contributed by atoms with Crippen molar-refractivity contribution in [2.45, 2.75) is 25.0 Å². The topological polar surface area (TPSA) is 117 Å². The Hall–Kier alpha value is -2.97. The Labute approximate surface area is 164 Å². The van der Waals surface area contributed by atoms with Crippen LogP contribution in [-0.2, 0) is 9.53 Å². The number of halogens is 1. The fraction of sp³-hybridized carbons (Fsp3) is 0.263. The molecule has 3 heterocycles. The van der Waals surface area contributed by atoms with E-state index in [4.69, 9.17) is 21.4 Å². The third kappa shape index (κ3) is 3.44. The lowest BCUT2D eigenvalue weighted by Gasteiger charge is -2.27. The summed E-state index contributed by atoms with van der Waals surface area (Å²) in [6, 6.07) is 6.73. The van der Waals surface area contributed by atoms with Gasteiger partial charge >= 0.3 is 5.97 Å². The number of aromatic nitrogens is 3. The molecule has 28 heavy (non-hydrogen) atoms. The molecule has 144 valence electrons. The third-order valence-electron chi connectivity index (χ3n) is 4.73. The van der Waals surface area contributed by atoms with Gasteiger partial charge in [0.15, 0.2) is 11.9 Å². The number of nitrogens with one attached hydrogen (secondary N) is 2. The number of ether oxygens (including phenoxy) is 1. The maximum absolute atomic E-state index is 13.0. The van der Waals surface area contributed by atoms with Crippen molar-refractivity contribution in [3.05, 3.63) is 52.9 Å². The van der Waals surface area contributed by atoms with Crippen LogP contribution in [0.2, 0.25) is 5.02 Å². The van der Waals surface area contributed by atoms with E-state index in [-0.39, 0.29) is 18.4 Å². The van der Waals surface area contributed by atoms with Crippen molar-refractivity contribution in [3.8, 4) is 0 Å². The number of fused-ring (bicyclic) bond motifs is 1. The zero-order chi connectivity index (χ0) is 19.7. The minimum Gasteiger partial charge on any atom is -0.479 e. The second-order valence-electron chi connectivity index (χ2n) is 6.54. The van der Waals surface area contributed by atoms with Crippen molar-refractivity contribution >= 4 is 40.2 Å². The fourth-order valence-corrected chi connectivity index (χ4v) is 3.52. The normalized spacial score (nSPS) is 19.5. The molecule has 1 fully saturated rings. The molecule has 2 aromatic heterocycles. The van der Waals surface area contributed by atoms with Crippen LogP contribution in [0.5, 0.6) is 0 Å². The second kappa shape index (κ2) is 7.57. The van der Waals surface area contributed by atoms with E-state index in [0.717, 1.165) is 0 Å². The molecule has 0 radical (unpaired) electrons. The first-order chi connectivity index (χ1) is 13.5. The first kappa shape index (κ1) is 18.4. The molecular formula is C19H17ClN4O4. The van der Waals surface area contributed by atoms with E-state index in [1.807, 2.05) is 0 Å². The SMILES string of the molecule is O=C(c1ccccc1Cl)c1c[nH]c2ncnc(N[C@@H]3CC[C@@H](C(=O)O)OC3)c12. The Balaban J connectivity index is 1.64. The van der Waals surface area contributed by atoms with Gasteiger partial charge in [-0.05, 0) is 25.0 Å². The van der Waals surface area contributed by atoms with Gasteiger partial charge in [-0.2, -0.15) is 0 Å². The average Bonchev–Trinajstić information content (AvgIpc) is 3.13. The zero-order valence-electron chi connectivity index (χ0n) is 14.7. The van der Waals surface area contributed by atoms with Crippen LogP contribution in [0.1, 0.15) is 28.8 Å². The Bertz CT molecular complexity index is 1040. The van der Waals surface area contributed by atoms with Gasteiger partial charge in [0.05, 0.1) is 28.6 Å². The van der Waals surface area contributed by atoms with Crippen molar-refractivity contribution in [3.63, 3.8) is 0 Å². The van der Waals surface area contributed by atoms with Gasteiger partial charge in [-0.1, -0.05) is 23.7 Å². The van der Waals surface area contributed by atoms with Crippen LogP contribution in [0, 0.1) is 0 Å². The second-order valence-corrected chi connectivity index (χ2v) is 6.94. The maximum atomic E-state index is 13.0. The highest BCUT2D eigenvalue weighted by Crippen LogP contribution is 2.29. The van der Waals surface area contributed by atoms with Crippen LogP contribution in [-0.4, -0.2) is 50.6 Å². The number of carbonyl (C=O) groups excluding carboxylic acids is 1. The summed E-state index contributed by atoms with van der Waals surface area (Å²) in [5.41, 5.74) is 1.32. The highest BCUT2D eigenvalue weighted by atomic mass is 35.5. The van der Waals surface area contributed by atoms with Crippen LogP contribution in [0.3, 0.4) is 0 Å². The van der Waals surface area contributed by atoms with Crippen molar-refractivity contribution in [1.29, 1.82) is 0 Å². The molecule has 4 rings (SSSR count). The molecule has 0 bridgehead atoms. The largest absolute Gasteiger partial charge is 0.479 e. The average molecular weight is 401 g/mol. The van der Waals surface area contributed by atoms with E-state index in [0.29, 0.717) is 45.8 Å². The number of carboxylic acid groups (broad SMARTS) is 1. The molecule has 8 nitrogen and oxygen atoms in total. The molecule has 1 aliphatic heterocycles. The van der Waals surface area contributed by atoms with E-state index in [9.17, 15) is 9.59 Å².